The van der Waals surface area contributed by atoms with Crippen LogP contribution in [0, 0.1) is 28.7 Å². The quantitative estimate of drug-likeness (QED) is 0.660. The van der Waals surface area contributed by atoms with E-state index in [1.807, 2.05) is 5.01 Å². The highest BCUT2D eigenvalue weighted by Gasteiger charge is 2.56. The molecule has 1 spiro atoms. The van der Waals surface area contributed by atoms with Gasteiger partial charge in [0.1, 0.15) is 11.6 Å². The first-order valence-corrected chi connectivity index (χ1v) is 10.6. The highest BCUT2D eigenvalue weighted by molar-refractivity contribution is 5.95. The molecule has 0 unspecified atom stereocenters. The molecular formula is C23H21F4N3O2. The molecule has 0 bridgehead atoms. The minimum atomic E-state index is -1.17. The molecule has 3 aliphatic rings. The summed E-state index contributed by atoms with van der Waals surface area (Å²) < 4.78 is 55.0. The number of benzene rings is 2. The molecule has 1 atom stereocenters. The number of likely N-dealkylation sites (tertiary alicyclic amines) is 1. The maximum Gasteiger partial charge on any atom is 0.256 e. The molecule has 5 rings (SSSR count). The van der Waals surface area contributed by atoms with E-state index in [0.29, 0.717) is 37.9 Å². The number of halogens is 4. The van der Waals surface area contributed by atoms with E-state index in [2.05, 4.69) is 0 Å². The van der Waals surface area contributed by atoms with Crippen LogP contribution >= 0.6 is 0 Å². The van der Waals surface area contributed by atoms with Crippen molar-refractivity contribution in [3.63, 3.8) is 0 Å². The molecule has 32 heavy (non-hydrogen) atoms. The Balaban J connectivity index is 1.32. The van der Waals surface area contributed by atoms with Gasteiger partial charge in [0.05, 0.1) is 17.0 Å². The molecule has 0 N–H and O–H groups in total. The Kier molecular flexibility index (Phi) is 4.96. The zero-order valence-electron chi connectivity index (χ0n) is 17.2. The van der Waals surface area contributed by atoms with Gasteiger partial charge in [0.25, 0.3) is 5.91 Å². The summed E-state index contributed by atoms with van der Waals surface area (Å²) in [5.74, 6) is -4.34. The molecule has 3 fully saturated rings. The summed E-state index contributed by atoms with van der Waals surface area (Å²) in [6, 6.07) is 6.36. The van der Waals surface area contributed by atoms with Crippen molar-refractivity contribution in [2.75, 3.05) is 26.2 Å². The normalized spacial score (nSPS) is 22.6. The van der Waals surface area contributed by atoms with E-state index < -0.39 is 40.6 Å². The van der Waals surface area contributed by atoms with Gasteiger partial charge in [-0.25, -0.2) is 22.6 Å². The Labute approximate surface area is 182 Å². The summed E-state index contributed by atoms with van der Waals surface area (Å²) in [7, 11) is 0. The number of rotatable bonds is 2. The van der Waals surface area contributed by atoms with Crippen molar-refractivity contribution in [1.82, 2.24) is 14.9 Å². The second kappa shape index (κ2) is 7.58. The Morgan fingerprint density at radius 2 is 1.66 bits per heavy atom. The maximum absolute atomic E-state index is 14.0. The van der Waals surface area contributed by atoms with E-state index in [0.717, 1.165) is 12.1 Å². The molecule has 0 aromatic heterocycles. The molecular weight excluding hydrogens is 426 g/mol. The molecule has 2 aromatic carbocycles. The number of hydrogen-bond acceptors (Lipinski definition) is 3. The van der Waals surface area contributed by atoms with Crippen molar-refractivity contribution in [3.8, 4) is 0 Å². The first kappa shape index (κ1) is 20.9. The molecule has 3 heterocycles. The molecule has 168 valence electrons. The fourth-order valence-electron chi connectivity index (χ4n) is 5.21. The summed E-state index contributed by atoms with van der Waals surface area (Å²) in [5.41, 5.74) is -0.609. The fraction of sp³-hybridized carbons (Fsp3) is 0.391. The molecule has 2 aromatic rings. The monoisotopic (exact) mass is 447 g/mol. The molecule has 3 aliphatic heterocycles. The molecule has 0 saturated carbocycles. The molecule has 2 amide bonds. The standard InChI is InChI=1S/C23H21F4N3O2/c24-15-10-14(11-16(25)12-15)19-4-7-29-13-23(22(32)30(19)29)5-8-28(9-6-23)21(31)17-2-1-3-18(26)20(17)27/h1-3,10-12,19H,4-9,13H2/t19-/m0/s1. The summed E-state index contributed by atoms with van der Waals surface area (Å²) in [4.78, 5) is 27.6. The Hall–Kier alpha value is -2.94. The topological polar surface area (TPSA) is 43.9 Å². The molecule has 5 nitrogen and oxygen atoms in total. The van der Waals surface area contributed by atoms with Crippen LogP contribution in [0.1, 0.15) is 41.2 Å². The van der Waals surface area contributed by atoms with Crippen LogP contribution in [0.15, 0.2) is 36.4 Å². The van der Waals surface area contributed by atoms with Gasteiger partial charge in [-0.3, -0.25) is 14.6 Å². The minimum absolute atomic E-state index is 0.117. The van der Waals surface area contributed by atoms with Crippen molar-refractivity contribution in [1.29, 1.82) is 0 Å². The van der Waals surface area contributed by atoms with Gasteiger partial charge in [-0.1, -0.05) is 6.07 Å². The van der Waals surface area contributed by atoms with Crippen LogP contribution in [0.2, 0.25) is 0 Å². The van der Waals surface area contributed by atoms with Crippen LogP contribution in [0.5, 0.6) is 0 Å². The van der Waals surface area contributed by atoms with E-state index in [-0.39, 0.29) is 24.6 Å². The summed E-state index contributed by atoms with van der Waals surface area (Å²) >= 11 is 0. The maximum atomic E-state index is 14.0. The SMILES string of the molecule is O=C(c1cccc(F)c1F)N1CCC2(CC1)CN1CC[C@@H](c3cc(F)cc(F)c3)N1C2=O. The molecule has 0 radical (unpaired) electrons. The average Bonchev–Trinajstić information content (AvgIpc) is 3.28. The van der Waals surface area contributed by atoms with Crippen molar-refractivity contribution in [2.24, 2.45) is 5.41 Å². The Bertz CT molecular complexity index is 1080. The third-order valence-corrected chi connectivity index (χ3v) is 6.87. The van der Waals surface area contributed by atoms with E-state index in [4.69, 9.17) is 0 Å². The van der Waals surface area contributed by atoms with Crippen LogP contribution in [-0.2, 0) is 4.79 Å². The van der Waals surface area contributed by atoms with Crippen molar-refractivity contribution >= 4 is 11.8 Å². The van der Waals surface area contributed by atoms with E-state index in [9.17, 15) is 27.2 Å². The van der Waals surface area contributed by atoms with E-state index in [1.54, 1.807) is 5.01 Å². The number of fused-ring (bicyclic) bond motifs is 1. The lowest BCUT2D eigenvalue weighted by atomic mass is 9.77. The van der Waals surface area contributed by atoms with Crippen molar-refractivity contribution in [2.45, 2.75) is 25.3 Å². The Morgan fingerprint density at radius 1 is 0.969 bits per heavy atom. The highest BCUT2D eigenvalue weighted by atomic mass is 19.2. The number of nitrogens with zero attached hydrogens (tertiary/aromatic N) is 3. The summed E-state index contributed by atoms with van der Waals surface area (Å²) in [6.45, 7) is 1.53. The second-order valence-electron chi connectivity index (χ2n) is 8.72. The fourth-order valence-corrected chi connectivity index (χ4v) is 5.21. The summed E-state index contributed by atoms with van der Waals surface area (Å²) in [5, 5.41) is 3.53. The van der Waals surface area contributed by atoms with Gasteiger partial charge in [-0.15, -0.1) is 0 Å². The first-order chi connectivity index (χ1) is 15.3. The van der Waals surface area contributed by atoms with Gasteiger partial charge in [0.15, 0.2) is 11.6 Å². The van der Waals surface area contributed by atoms with Crippen LogP contribution < -0.4 is 0 Å². The van der Waals surface area contributed by atoms with Crippen LogP contribution in [0.4, 0.5) is 17.6 Å². The van der Waals surface area contributed by atoms with Crippen molar-refractivity contribution < 1.29 is 27.2 Å². The third-order valence-electron chi connectivity index (χ3n) is 6.87. The van der Waals surface area contributed by atoms with Crippen LogP contribution in [0.25, 0.3) is 0 Å². The van der Waals surface area contributed by atoms with Crippen LogP contribution in [-0.4, -0.2) is 52.9 Å². The predicted molar refractivity (Wildman–Crippen MR) is 106 cm³/mol. The minimum Gasteiger partial charge on any atom is -0.338 e. The van der Waals surface area contributed by atoms with Crippen LogP contribution in [0.3, 0.4) is 0 Å². The largest absolute Gasteiger partial charge is 0.338 e. The molecule has 9 heteroatoms. The zero-order chi connectivity index (χ0) is 22.6. The van der Waals surface area contributed by atoms with E-state index >= 15 is 0 Å². The van der Waals surface area contributed by atoms with Gasteiger partial charge in [0, 0.05) is 32.2 Å². The van der Waals surface area contributed by atoms with Gasteiger partial charge in [-0.2, -0.15) is 0 Å². The first-order valence-electron chi connectivity index (χ1n) is 10.6. The van der Waals surface area contributed by atoms with Gasteiger partial charge in [-0.05, 0) is 49.1 Å². The number of hydrogen-bond donors (Lipinski definition) is 0. The number of carbonyl (C=O) groups is 2. The smallest absolute Gasteiger partial charge is 0.256 e. The zero-order valence-corrected chi connectivity index (χ0v) is 17.2. The van der Waals surface area contributed by atoms with Crippen molar-refractivity contribution in [3.05, 3.63) is 70.8 Å². The molecule has 3 saturated heterocycles. The number of piperidine rings is 1. The predicted octanol–water partition coefficient (Wildman–Crippen LogP) is 3.67. The number of amides is 2. The lowest BCUT2D eigenvalue weighted by Crippen LogP contribution is -2.48. The number of carbonyl (C=O) groups excluding carboxylic acids is 2. The number of hydrazine groups is 1. The summed E-state index contributed by atoms with van der Waals surface area (Å²) in [6.07, 6.45) is 1.34. The third kappa shape index (κ3) is 3.26. The van der Waals surface area contributed by atoms with Gasteiger partial charge in [0.2, 0.25) is 5.91 Å². The second-order valence-corrected chi connectivity index (χ2v) is 8.72. The van der Waals surface area contributed by atoms with Gasteiger partial charge < -0.3 is 4.90 Å². The van der Waals surface area contributed by atoms with E-state index in [1.165, 1.54) is 29.2 Å². The van der Waals surface area contributed by atoms with Gasteiger partial charge >= 0.3 is 0 Å². The lowest BCUT2D eigenvalue weighted by Gasteiger charge is -2.38. The Morgan fingerprint density at radius 3 is 2.34 bits per heavy atom. The highest BCUT2D eigenvalue weighted by Crippen LogP contribution is 2.47. The molecule has 0 aliphatic carbocycles. The average molecular weight is 447 g/mol. The lowest BCUT2D eigenvalue weighted by molar-refractivity contribution is -0.144.